The Morgan fingerprint density at radius 1 is 1.22 bits per heavy atom. The highest BCUT2D eigenvalue weighted by atomic mass is 33.1. The fourth-order valence-electron chi connectivity index (χ4n) is 2.49. The maximum Gasteiger partial charge on any atom is 0.269 e. The third-order valence-corrected chi connectivity index (χ3v) is 8.92. The molecule has 0 aliphatic carbocycles. The van der Waals surface area contributed by atoms with Gasteiger partial charge in [0.2, 0.25) is 15.9 Å². The number of hydrogen-bond acceptors (Lipinski definition) is 6. The molecule has 1 aromatic rings. The predicted molar refractivity (Wildman–Crippen MR) is 110 cm³/mol. The molecule has 0 bridgehead atoms. The number of sulfonamides is 1. The molecule has 2 N–H and O–H groups in total. The van der Waals surface area contributed by atoms with Crippen LogP contribution in [0.1, 0.15) is 42.5 Å². The Morgan fingerprint density at radius 2 is 2.00 bits per heavy atom. The average Bonchev–Trinajstić information content (AvgIpc) is 3.16. The van der Waals surface area contributed by atoms with Gasteiger partial charge in [-0.2, -0.15) is 0 Å². The van der Waals surface area contributed by atoms with E-state index in [-0.39, 0.29) is 16.4 Å². The van der Waals surface area contributed by atoms with Gasteiger partial charge < -0.3 is 0 Å². The van der Waals surface area contributed by atoms with E-state index in [4.69, 9.17) is 0 Å². The molecule has 1 aliphatic rings. The second kappa shape index (κ2) is 10.4. The Morgan fingerprint density at radius 3 is 2.67 bits per heavy atom. The molecule has 2 rings (SSSR count). The minimum atomic E-state index is -3.62. The number of carbonyl (C=O) groups excluding carboxylic acids is 2. The smallest absolute Gasteiger partial charge is 0.269 e. The van der Waals surface area contributed by atoms with Crippen molar-refractivity contribution in [1.82, 2.24) is 15.2 Å². The van der Waals surface area contributed by atoms with Crippen LogP contribution in [0.25, 0.3) is 0 Å². The van der Waals surface area contributed by atoms with E-state index < -0.39 is 15.9 Å². The van der Waals surface area contributed by atoms with Gasteiger partial charge in [0.05, 0.1) is 4.90 Å². The molecule has 1 aliphatic heterocycles. The minimum absolute atomic E-state index is 0.0226. The SMILES string of the molecule is CN(C)S(=O)(=O)c1cccc(C(=O)NNC(=O)CCCCC2CCSS2)c1. The first-order valence-corrected chi connectivity index (χ1v) is 12.5. The molecule has 0 saturated carbocycles. The van der Waals surface area contributed by atoms with Crippen LogP contribution in [0.5, 0.6) is 0 Å². The summed E-state index contributed by atoms with van der Waals surface area (Å²) in [6.07, 6.45) is 4.47. The van der Waals surface area contributed by atoms with Crippen LogP contribution in [0.15, 0.2) is 29.2 Å². The summed E-state index contributed by atoms with van der Waals surface area (Å²) >= 11 is 0. The zero-order valence-electron chi connectivity index (χ0n) is 15.4. The van der Waals surface area contributed by atoms with Crippen molar-refractivity contribution in [2.24, 2.45) is 0 Å². The standard InChI is InChI=1S/C17H25N3O4S3/c1-20(2)27(23,24)15-8-5-6-13(12-15)17(22)19-18-16(21)9-4-3-7-14-10-11-25-26-14/h5-6,8,12,14H,3-4,7,9-11H2,1-2H3,(H,18,21)(H,19,22). The van der Waals surface area contributed by atoms with Gasteiger partial charge in [-0.3, -0.25) is 20.4 Å². The van der Waals surface area contributed by atoms with Crippen molar-refractivity contribution in [1.29, 1.82) is 0 Å². The average molecular weight is 432 g/mol. The van der Waals surface area contributed by atoms with Gasteiger partial charge in [0.15, 0.2) is 0 Å². The van der Waals surface area contributed by atoms with E-state index in [1.54, 1.807) is 0 Å². The summed E-state index contributed by atoms with van der Waals surface area (Å²) in [7, 11) is 3.06. The first-order chi connectivity index (χ1) is 12.8. The zero-order valence-corrected chi connectivity index (χ0v) is 17.9. The van der Waals surface area contributed by atoms with Gasteiger partial charge in [0.1, 0.15) is 0 Å². The monoisotopic (exact) mass is 431 g/mol. The number of carbonyl (C=O) groups is 2. The summed E-state index contributed by atoms with van der Waals surface area (Å²) in [6, 6.07) is 5.69. The number of hydrazine groups is 1. The van der Waals surface area contributed by atoms with Gasteiger partial charge in [0.25, 0.3) is 5.91 Å². The maximum absolute atomic E-state index is 12.2. The van der Waals surface area contributed by atoms with Crippen LogP contribution in [0.2, 0.25) is 0 Å². The lowest BCUT2D eigenvalue weighted by Crippen LogP contribution is -2.41. The lowest BCUT2D eigenvalue weighted by atomic mass is 10.1. The van der Waals surface area contributed by atoms with Gasteiger partial charge in [-0.25, -0.2) is 12.7 Å². The molecule has 0 radical (unpaired) electrons. The lowest BCUT2D eigenvalue weighted by molar-refractivity contribution is -0.122. The molecule has 1 fully saturated rings. The summed E-state index contributed by atoms with van der Waals surface area (Å²) in [4.78, 5) is 24.0. The molecule has 1 aromatic carbocycles. The highest BCUT2D eigenvalue weighted by molar-refractivity contribution is 8.77. The van der Waals surface area contributed by atoms with Gasteiger partial charge in [-0.1, -0.05) is 34.1 Å². The van der Waals surface area contributed by atoms with Gasteiger partial charge in [0, 0.05) is 37.1 Å². The third-order valence-electron chi connectivity index (χ3n) is 4.10. The molecule has 7 nitrogen and oxygen atoms in total. The second-order valence-electron chi connectivity index (χ2n) is 6.39. The van der Waals surface area contributed by atoms with E-state index >= 15 is 0 Å². The van der Waals surface area contributed by atoms with Gasteiger partial charge in [-0.15, -0.1) is 0 Å². The largest absolute Gasteiger partial charge is 0.273 e. The molecule has 0 aromatic heterocycles. The Bertz CT molecular complexity index is 762. The second-order valence-corrected chi connectivity index (χ2v) is 11.3. The van der Waals surface area contributed by atoms with Crippen LogP contribution in [0.4, 0.5) is 0 Å². The quantitative estimate of drug-likeness (QED) is 0.373. The van der Waals surface area contributed by atoms with Crippen LogP contribution in [0.3, 0.4) is 0 Å². The Kier molecular flexibility index (Phi) is 8.46. The fourth-order valence-corrected chi connectivity index (χ4v) is 6.47. The molecule has 150 valence electrons. The molecule has 1 saturated heterocycles. The molecule has 1 atom stereocenters. The van der Waals surface area contributed by atoms with Crippen LogP contribution >= 0.6 is 21.6 Å². The van der Waals surface area contributed by atoms with E-state index in [2.05, 4.69) is 10.9 Å². The summed E-state index contributed by atoms with van der Waals surface area (Å²) in [5.41, 5.74) is 4.88. The van der Waals surface area contributed by atoms with Crippen LogP contribution in [-0.4, -0.2) is 49.6 Å². The minimum Gasteiger partial charge on any atom is -0.273 e. The Hall–Kier alpha value is -1.23. The van der Waals surface area contributed by atoms with Crippen molar-refractivity contribution in [3.63, 3.8) is 0 Å². The number of benzene rings is 1. The molecule has 10 heteroatoms. The van der Waals surface area contributed by atoms with Crippen molar-refractivity contribution in [2.45, 2.75) is 42.2 Å². The van der Waals surface area contributed by atoms with Crippen molar-refractivity contribution in [2.75, 3.05) is 19.8 Å². The molecular formula is C17H25N3O4S3. The first kappa shape index (κ1) is 22.1. The van der Waals surface area contributed by atoms with Gasteiger partial charge >= 0.3 is 0 Å². The summed E-state index contributed by atoms with van der Waals surface area (Å²) < 4.78 is 25.4. The first-order valence-electron chi connectivity index (χ1n) is 8.71. The van der Waals surface area contributed by atoms with Crippen molar-refractivity contribution in [3.8, 4) is 0 Å². The number of unbranched alkanes of at least 4 members (excludes halogenated alkanes) is 1. The highest BCUT2D eigenvalue weighted by Gasteiger charge is 2.19. The van der Waals surface area contributed by atoms with Gasteiger partial charge in [-0.05, 0) is 37.5 Å². The fraction of sp³-hybridized carbons (Fsp3) is 0.529. The molecule has 1 heterocycles. The van der Waals surface area contributed by atoms with Crippen molar-refractivity contribution in [3.05, 3.63) is 29.8 Å². The maximum atomic E-state index is 12.2. The van der Waals surface area contributed by atoms with Crippen molar-refractivity contribution >= 4 is 43.4 Å². The predicted octanol–water partition coefficient (Wildman–Crippen LogP) is 2.41. The normalized spacial score (nSPS) is 17.1. The van der Waals surface area contributed by atoms with E-state index in [0.29, 0.717) is 11.7 Å². The number of amides is 2. The molecule has 1 unspecified atom stereocenters. The number of rotatable bonds is 8. The molecular weight excluding hydrogens is 406 g/mol. The Balaban J connectivity index is 1.77. The van der Waals surface area contributed by atoms with Crippen LogP contribution in [-0.2, 0) is 14.8 Å². The lowest BCUT2D eigenvalue weighted by Gasteiger charge is -2.12. The highest BCUT2D eigenvalue weighted by Crippen LogP contribution is 2.39. The number of nitrogens with zero attached hydrogens (tertiary/aromatic N) is 1. The van der Waals surface area contributed by atoms with E-state index in [0.717, 1.165) is 23.6 Å². The summed E-state index contributed by atoms with van der Waals surface area (Å²) in [6.45, 7) is 0. The summed E-state index contributed by atoms with van der Waals surface area (Å²) in [5, 5.41) is 0.698. The third kappa shape index (κ3) is 6.70. The van der Waals surface area contributed by atoms with E-state index in [9.17, 15) is 18.0 Å². The molecule has 0 spiro atoms. The van der Waals surface area contributed by atoms with E-state index in [1.165, 1.54) is 50.5 Å². The molecule has 2 amide bonds. The Labute approximate surface area is 168 Å². The zero-order chi connectivity index (χ0) is 19.9. The number of nitrogens with one attached hydrogen (secondary N) is 2. The molecule has 27 heavy (non-hydrogen) atoms. The van der Waals surface area contributed by atoms with E-state index in [1.807, 2.05) is 21.6 Å². The van der Waals surface area contributed by atoms with Crippen LogP contribution in [0, 0.1) is 0 Å². The van der Waals surface area contributed by atoms with Crippen molar-refractivity contribution < 1.29 is 18.0 Å². The summed E-state index contributed by atoms with van der Waals surface area (Å²) in [5.74, 6) is 0.395. The number of hydrogen-bond donors (Lipinski definition) is 2. The van der Waals surface area contributed by atoms with Crippen LogP contribution < -0.4 is 10.9 Å². The topological polar surface area (TPSA) is 95.6 Å².